The monoisotopic (exact) mass is 449 g/mol. The van der Waals surface area contributed by atoms with Crippen LogP contribution in [0.15, 0.2) is 49.2 Å². The van der Waals surface area contributed by atoms with E-state index in [0.29, 0.717) is 18.2 Å². The Labute approximate surface area is 195 Å². The van der Waals surface area contributed by atoms with E-state index in [4.69, 9.17) is 4.74 Å². The number of rotatable bonds is 8. The van der Waals surface area contributed by atoms with Crippen LogP contribution in [0.1, 0.15) is 37.4 Å². The first kappa shape index (κ1) is 22.1. The number of hydrogen-bond acceptors (Lipinski definition) is 6. The van der Waals surface area contributed by atoms with Gasteiger partial charge < -0.3 is 9.64 Å². The number of hydrogen-bond donors (Lipinski definition) is 0. The Kier molecular flexibility index (Phi) is 6.76. The lowest BCUT2D eigenvalue weighted by Crippen LogP contribution is -2.35. The van der Waals surface area contributed by atoms with Crippen molar-refractivity contribution < 1.29 is 9.13 Å². The van der Waals surface area contributed by atoms with E-state index >= 15 is 0 Å². The van der Waals surface area contributed by atoms with E-state index in [1.807, 2.05) is 24.5 Å². The zero-order chi connectivity index (χ0) is 22.6. The molecule has 0 N–H and O–H groups in total. The Morgan fingerprint density at radius 3 is 2.58 bits per heavy atom. The van der Waals surface area contributed by atoms with Crippen molar-refractivity contribution in [2.45, 2.75) is 38.8 Å². The molecule has 1 saturated carbocycles. The average Bonchev–Trinajstić information content (AvgIpc) is 3.65. The molecule has 2 aromatic heterocycles. The first-order valence-corrected chi connectivity index (χ1v) is 12.2. The van der Waals surface area contributed by atoms with Crippen LogP contribution in [0.2, 0.25) is 0 Å². The maximum atomic E-state index is 14.6. The SMILES string of the molecule is CCc1cnc(N2CCC(C3CC3COCC3C=CC(c4cnccn4)=CC3F)CC2)nc1. The zero-order valence-electron chi connectivity index (χ0n) is 19.2. The Balaban J connectivity index is 1.02. The molecule has 0 radical (unpaired) electrons. The van der Waals surface area contributed by atoms with Gasteiger partial charge in [0.25, 0.3) is 0 Å². The third-order valence-electron chi connectivity index (χ3n) is 7.28. The van der Waals surface area contributed by atoms with Crippen molar-refractivity contribution in [2.24, 2.45) is 23.7 Å². The van der Waals surface area contributed by atoms with Gasteiger partial charge in [-0.2, -0.15) is 0 Å². The van der Waals surface area contributed by atoms with Crippen molar-refractivity contribution in [3.05, 3.63) is 60.5 Å². The number of piperidine rings is 1. The molecule has 1 aliphatic heterocycles. The molecule has 0 bridgehead atoms. The van der Waals surface area contributed by atoms with E-state index in [9.17, 15) is 4.39 Å². The molecule has 4 atom stereocenters. The van der Waals surface area contributed by atoms with E-state index < -0.39 is 6.17 Å². The number of halogens is 1. The third-order valence-corrected chi connectivity index (χ3v) is 7.28. The summed E-state index contributed by atoms with van der Waals surface area (Å²) in [5, 5.41) is 0. The lowest BCUT2D eigenvalue weighted by atomic mass is 9.91. The van der Waals surface area contributed by atoms with Crippen molar-refractivity contribution in [1.29, 1.82) is 0 Å². The lowest BCUT2D eigenvalue weighted by Gasteiger charge is -2.32. The standard InChI is InChI=1S/C26H32FN5O/c1-2-18-13-30-26(31-14-18)32-9-5-19(6-10-32)23-11-22(23)17-33-16-21-4-3-20(12-24(21)27)25-15-28-7-8-29-25/h3-4,7-8,12-15,19,21-24H,2,5-6,9-11,16-17H2,1H3. The molecular weight excluding hydrogens is 417 g/mol. The number of ether oxygens (including phenoxy) is 1. The molecular formula is C26H32FN5O. The van der Waals surface area contributed by atoms with Gasteiger partial charge in [0.05, 0.1) is 18.5 Å². The zero-order valence-corrected chi connectivity index (χ0v) is 19.2. The third kappa shape index (κ3) is 5.29. The normalized spacial score (nSPS) is 27.5. The van der Waals surface area contributed by atoms with Gasteiger partial charge in [-0.05, 0) is 55.1 Å². The van der Waals surface area contributed by atoms with Crippen LogP contribution in [-0.2, 0) is 11.2 Å². The second-order valence-electron chi connectivity index (χ2n) is 9.45. The van der Waals surface area contributed by atoms with Gasteiger partial charge in [-0.1, -0.05) is 19.1 Å². The summed E-state index contributed by atoms with van der Waals surface area (Å²) >= 11 is 0. The van der Waals surface area contributed by atoms with Crippen LogP contribution >= 0.6 is 0 Å². The number of anilines is 1. The van der Waals surface area contributed by atoms with Crippen LogP contribution in [0.25, 0.3) is 5.57 Å². The number of aryl methyl sites for hydroxylation is 1. The van der Waals surface area contributed by atoms with Gasteiger partial charge in [0.15, 0.2) is 0 Å². The Morgan fingerprint density at radius 1 is 1.06 bits per heavy atom. The topological polar surface area (TPSA) is 64.0 Å². The Hall–Kier alpha value is -2.67. The summed E-state index contributed by atoms with van der Waals surface area (Å²) in [6.07, 6.45) is 17.8. The summed E-state index contributed by atoms with van der Waals surface area (Å²) in [6, 6.07) is 0. The largest absolute Gasteiger partial charge is 0.380 e. The van der Waals surface area contributed by atoms with Crippen molar-refractivity contribution >= 4 is 11.5 Å². The van der Waals surface area contributed by atoms with E-state index in [1.54, 1.807) is 24.7 Å². The molecule has 3 aliphatic rings. The number of alkyl halides is 1. The van der Waals surface area contributed by atoms with E-state index in [0.717, 1.165) is 49.5 Å². The highest BCUT2D eigenvalue weighted by Gasteiger charge is 2.43. The van der Waals surface area contributed by atoms with Crippen LogP contribution in [0.3, 0.4) is 0 Å². The van der Waals surface area contributed by atoms with Crippen molar-refractivity contribution in [3.63, 3.8) is 0 Å². The van der Waals surface area contributed by atoms with Crippen LogP contribution in [0.5, 0.6) is 0 Å². The fourth-order valence-electron chi connectivity index (χ4n) is 5.07. The molecule has 2 aliphatic carbocycles. The van der Waals surface area contributed by atoms with Crippen molar-refractivity contribution in [1.82, 2.24) is 19.9 Å². The maximum absolute atomic E-state index is 14.6. The second-order valence-corrected chi connectivity index (χ2v) is 9.45. The minimum atomic E-state index is -1.06. The Morgan fingerprint density at radius 2 is 1.88 bits per heavy atom. The Bertz CT molecular complexity index is 972. The summed E-state index contributed by atoms with van der Waals surface area (Å²) in [6.45, 7) is 5.34. The molecule has 1 saturated heterocycles. The molecule has 33 heavy (non-hydrogen) atoms. The van der Waals surface area contributed by atoms with Crippen LogP contribution in [0, 0.1) is 23.7 Å². The van der Waals surface area contributed by atoms with E-state index in [1.165, 1.54) is 24.8 Å². The summed E-state index contributed by atoms with van der Waals surface area (Å²) in [7, 11) is 0. The first-order chi connectivity index (χ1) is 16.2. The smallest absolute Gasteiger partial charge is 0.225 e. The van der Waals surface area contributed by atoms with Crippen LogP contribution in [-0.4, -0.2) is 52.4 Å². The summed E-state index contributed by atoms with van der Waals surface area (Å²) in [5.74, 6) is 2.76. The fraction of sp³-hybridized carbons (Fsp3) is 0.538. The summed E-state index contributed by atoms with van der Waals surface area (Å²) in [5.41, 5.74) is 2.67. The predicted molar refractivity (Wildman–Crippen MR) is 126 cm³/mol. The molecule has 3 heterocycles. The number of nitrogens with zero attached hydrogens (tertiary/aromatic N) is 5. The quantitative estimate of drug-likeness (QED) is 0.599. The lowest BCUT2D eigenvalue weighted by molar-refractivity contribution is 0.0797. The van der Waals surface area contributed by atoms with Gasteiger partial charge in [0.1, 0.15) is 6.17 Å². The first-order valence-electron chi connectivity index (χ1n) is 12.2. The maximum Gasteiger partial charge on any atom is 0.225 e. The van der Waals surface area contributed by atoms with Gasteiger partial charge in [0, 0.05) is 56.0 Å². The van der Waals surface area contributed by atoms with Crippen molar-refractivity contribution in [2.75, 3.05) is 31.2 Å². The minimum Gasteiger partial charge on any atom is -0.380 e. The molecule has 0 amide bonds. The molecule has 0 aromatic carbocycles. The van der Waals surface area contributed by atoms with Gasteiger partial charge in [0.2, 0.25) is 5.95 Å². The predicted octanol–water partition coefficient (Wildman–Crippen LogP) is 4.31. The van der Waals surface area contributed by atoms with E-state index in [-0.39, 0.29) is 5.92 Å². The number of allylic oxidation sites excluding steroid dienone is 3. The molecule has 6 nitrogen and oxygen atoms in total. The van der Waals surface area contributed by atoms with E-state index in [2.05, 4.69) is 31.8 Å². The molecule has 4 unspecified atom stereocenters. The van der Waals surface area contributed by atoms with Crippen LogP contribution in [0.4, 0.5) is 10.3 Å². The second kappa shape index (κ2) is 10.1. The average molecular weight is 450 g/mol. The van der Waals surface area contributed by atoms with Crippen LogP contribution < -0.4 is 4.90 Å². The molecule has 2 aromatic rings. The van der Waals surface area contributed by atoms with Gasteiger partial charge in [-0.3, -0.25) is 9.97 Å². The highest BCUT2D eigenvalue weighted by molar-refractivity contribution is 5.72. The molecule has 0 spiro atoms. The number of aromatic nitrogens is 4. The highest BCUT2D eigenvalue weighted by Crippen LogP contribution is 2.48. The molecule has 5 rings (SSSR count). The van der Waals surface area contributed by atoms with Crippen molar-refractivity contribution in [3.8, 4) is 0 Å². The minimum absolute atomic E-state index is 0.232. The summed E-state index contributed by atoms with van der Waals surface area (Å²) < 4.78 is 20.6. The highest BCUT2D eigenvalue weighted by atomic mass is 19.1. The van der Waals surface area contributed by atoms with Gasteiger partial charge in [-0.25, -0.2) is 14.4 Å². The van der Waals surface area contributed by atoms with Gasteiger partial charge in [-0.15, -0.1) is 0 Å². The molecule has 2 fully saturated rings. The summed E-state index contributed by atoms with van der Waals surface area (Å²) in [4.78, 5) is 19.7. The van der Waals surface area contributed by atoms with Gasteiger partial charge >= 0.3 is 0 Å². The fourth-order valence-corrected chi connectivity index (χ4v) is 5.07. The molecule has 7 heteroatoms. The molecule has 174 valence electrons.